The lowest BCUT2D eigenvalue weighted by atomic mass is 9.96. The van der Waals surface area contributed by atoms with Gasteiger partial charge in [-0.25, -0.2) is 0 Å². The Bertz CT molecular complexity index is 373. The number of aromatic nitrogens is 2. The lowest BCUT2D eigenvalue weighted by molar-refractivity contribution is 0.0677. The zero-order valence-electron chi connectivity index (χ0n) is 10.4. The summed E-state index contributed by atoms with van der Waals surface area (Å²) in [4.78, 5) is 4.48. The van der Waals surface area contributed by atoms with Gasteiger partial charge >= 0.3 is 0 Å². The molecule has 1 aromatic rings. The molecular weight excluding hydrogens is 250 g/mol. The molecule has 2 atom stereocenters. The maximum atomic E-state index is 5.65. The van der Waals surface area contributed by atoms with Crippen LogP contribution >= 0.6 is 11.8 Å². The standard InChI is InChI=1S/C12H19N3O2S/c1-2-9(7-13-3-1)6-11-14-12(15-17-11)10-8-18-5-4-16-10/h9-10,13H,1-8H2. The average molecular weight is 269 g/mol. The second-order valence-electron chi connectivity index (χ2n) is 4.90. The molecule has 3 heterocycles. The van der Waals surface area contributed by atoms with E-state index in [4.69, 9.17) is 9.26 Å². The fourth-order valence-corrected chi connectivity index (χ4v) is 3.30. The van der Waals surface area contributed by atoms with Crippen molar-refractivity contribution >= 4 is 11.8 Å². The fourth-order valence-electron chi connectivity index (χ4n) is 2.46. The molecule has 2 aliphatic rings. The molecule has 3 rings (SSSR count). The number of nitrogens with one attached hydrogen (secondary N) is 1. The second-order valence-corrected chi connectivity index (χ2v) is 6.05. The summed E-state index contributed by atoms with van der Waals surface area (Å²) in [6, 6.07) is 0. The van der Waals surface area contributed by atoms with Crippen LogP contribution in [0.2, 0.25) is 0 Å². The highest BCUT2D eigenvalue weighted by molar-refractivity contribution is 7.99. The van der Waals surface area contributed by atoms with E-state index in [-0.39, 0.29) is 6.10 Å². The first-order valence-electron chi connectivity index (χ1n) is 6.64. The van der Waals surface area contributed by atoms with Gasteiger partial charge in [0.1, 0.15) is 6.10 Å². The third-order valence-electron chi connectivity index (χ3n) is 3.45. The van der Waals surface area contributed by atoms with Crippen molar-refractivity contribution in [3.05, 3.63) is 11.7 Å². The van der Waals surface area contributed by atoms with Crippen LogP contribution < -0.4 is 5.32 Å². The van der Waals surface area contributed by atoms with Gasteiger partial charge in [0.15, 0.2) is 0 Å². The molecule has 0 bridgehead atoms. The predicted octanol–water partition coefficient (Wildman–Crippen LogP) is 1.42. The van der Waals surface area contributed by atoms with E-state index in [1.54, 1.807) is 0 Å². The minimum atomic E-state index is 0.0192. The van der Waals surface area contributed by atoms with Gasteiger partial charge < -0.3 is 14.6 Å². The molecule has 2 unspecified atom stereocenters. The van der Waals surface area contributed by atoms with Crippen molar-refractivity contribution in [2.75, 3.05) is 31.2 Å². The van der Waals surface area contributed by atoms with Crippen LogP contribution in [0.1, 0.15) is 30.7 Å². The van der Waals surface area contributed by atoms with Crippen LogP contribution in [0, 0.1) is 5.92 Å². The third kappa shape index (κ3) is 3.05. The largest absolute Gasteiger partial charge is 0.368 e. The maximum Gasteiger partial charge on any atom is 0.227 e. The van der Waals surface area contributed by atoms with Gasteiger partial charge in [-0.05, 0) is 31.8 Å². The number of thioether (sulfide) groups is 1. The van der Waals surface area contributed by atoms with E-state index < -0.39 is 0 Å². The summed E-state index contributed by atoms with van der Waals surface area (Å²) >= 11 is 1.89. The molecule has 2 fully saturated rings. The zero-order chi connectivity index (χ0) is 12.2. The van der Waals surface area contributed by atoms with Gasteiger partial charge in [0.05, 0.1) is 6.61 Å². The molecule has 2 saturated heterocycles. The third-order valence-corrected chi connectivity index (χ3v) is 4.44. The summed E-state index contributed by atoms with van der Waals surface area (Å²) in [5, 5.41) is 7.47. The molecule has 0 aliphatic carbocycles. The van der Waals surface area contributed by atoms with Crippen molar-refractivity contribution < 1.29 is 9.26 Å². The molecule has 18 heavy (non-hydrogen) atoms. The van der Waals surface area contributed by atoms with Crippen molar-refractivity contribution in [3.63, 3.8) is 0 Å². The first-order valence-corrected chi connectivity index (χ1v) is 7.80. The van der Waals surface area contributed by atoms with E-state index in [1.165, 1.54) is 12.8 Å². The minimum Gasteiger partial charge on any atom is -0.368 e. The van der Waals surface area contributed by atoms with E-state index in [0.29, 0.717) is 5.92 Å². The van der Waals surface area contributed by atoms with Gasteiger partial charge in [0.25, 0.3) is 0 Å². The molecule has 1 N–H and O–H groups in total. The Morgan fingerprint density at radius 2 is 2.44 bits per heavy atom. The Balaban J connectivity index is 1.58. The van der Waals surface area contributed by atoms with E-state index >= 15 is 0 Å². The highest BCUT2D eigenvalue weighted by Crippen LogP contribution is 2.25. The van der Waals surface area contributed by atoms with Crippen molar-refractivity contribution in [2.24, 2.45) is 5.92 Å². The van der Waals surface area contributed by atoms with Crippen LogP contribution in [0.4, 0.5) is 0 Å². The average Bonchev–Trinajstić information content (AvgIpc) is 2.89. The van der Waals surface area contributed by atoms with Gasteiger partial charge in [-0.2, -0.15) is 16.7 Å². The number of ether oxygens (including phenoxy) is 1. The summed E-state index contributed by atoms with van der Waals surface area (Å²) < 4.78 is 11.0. The van der Waals surface area contributed by atoms with Gasteiger partial charge in [-0.1, -0.05) is 5.16 Å². The molecule has 0 radical (unpaired) electrons. The maximum absolute atomic E-state index is 5.65. The second kappa shape index (κ2) is 6.04. The highest BCUT2D eigenvalue weighted by Gasteiger charge is 2.23. The summed E-state index contributed by atoms with van der Waals surface area (Å²) in [6.45, 7) is 2.98. The lowest BCUT2D eigenvalue weighted by Gasteiger charge is -2.21. The van der Waals surface area contributed by atoms with Crippen LogP contribution in [-0.4, -0.2) is 41.3 Å². The zero-order valence-corrected chi connectivity index (χ0v) is 11.2. The molecule has 1 aromatic heterocycles. The Morgan fingerprint density at radius 3 is 3.22 bits per heavy atom. The van der Waals surface area contributed by atoms with E-state index in [1.807, 2.05) is 11.8 Å². The lowest BCUT2D eigenvalue weighted by Crippen LogP contribution is -2.30. The van der Waals surface area contributed by atoms with E-state index in [2.05, 4.69) is 15.5 Å². The summed E-state index contributed by atoms with van der Waals surface area (Å²) in [7, 11) is 0. The van der Waals surface area contributed by atoms with Gasteiger partial charge in [0, 0.05) is 17.9 Å². The smallest absolute Gasteiger partial charge is 0.227 e. The fraction of sp³-hybridized carbons (Fsp3) is 0.833. The van der Waals surface area contributed by atoms with Crippen molar-refractivity contribution in [1.82, 2.24) is 15.5 Å². The van der Waals surface area contributed by atoms with Crippen molar-refractivity contribution in [1.29, 1.82) is 0 Å². The Labute approximate surface area is 111 Å². The SMILES string of the molecule is C1CNCC(Cc2nc(C3CSCCO3)no2)C1. The van der Waals surface area contributed by atoms with Crippen molar-refractivity contribution in [2.45, 2.75) is 25.4 Å². The molecule has 100 valence electrons. The molecule has 2 aliphatic heterocycles. The molecule has 0 aromatic carbocycles. The first-order chi connectivity index (χ1) is 8.92. The molecule has 6 heteroatoms. The number of hydrogen-bond acceptors (Lipinski definition) is 6. The van der Waals surface area contributed by atoms with Gasteiger partial charge in [0.2, 0.25) is 11.7 Å². The van der Waals surface area contributed by atoms with E-state index in [9.17, 15) is 0 Å². The molecule has 5 nitrogen and oxygen atoms in total. The number of nitrogens with zero attached hydrogens (tertiary/aromatic N) is 2. The Hall–Kier alpha value is -0.590. The molecule has 0 amide bonds. The Kier molecular flexibility index (Phi) is 4.17. The normalized spacial score (nSPS) is 29.3. The number of hydrogen-bond donors (Lipinski definition) is 1. The summed E-state index contributed by atoms with van der Waals surface area (Å²) in [5.41, 5.74) is 0. The molecular formula is C12H19N3O2S. The molecule has 0 spiro atoms. The predicted molar refractivity (Wildman–Crippen MR) is 69.6 cm³/mol. The van der Waals surface area contributed by atoms with Crippen LogP contribution in [-0.2, 0) is 11.2 Å². The highest BCUT2D eigenvalue weighted by atomic mass is 32.2. The van der Waals surface area contributed by atoms with Gasteiger partial charge in [-0.15, -0.1) is 0 Å². The van der Waals surface area contributed by atoms with Crippen LogP contribution in [0.5, 0.6) is 0 Å². The summed E-state index contributed by atoms with van der Waals surface area (Å²) in [5.74, 6) is 4.12. The number of piperidine rings is 1. The molecule has 0 saturated carbocycles. The monoisotopic (exact) mass is 269 g/mol. The summed E-state index contributed by atoms with van der Waals surface area (Å²) in [6.07, 6.45) is 3.40. The number of rotatable bonds is 3. The van der Waals surface area contributed by atoms with Crippen LogP contribution in [0.15, 0.2) is 4.52 Å². The topological polar surface area (TPSA) is 60.2 Å². The van der Waals surface area contributed by atoms with Crippen LogP contribution in [0.3, 0.4) is 0 Å². The van der Waals surface area contributed by atoms with Gasteiger partial charge in [-0.3, -0.25) is 0 Å². The minimum absolute atomic E-state index is 0.0192. The van der Waals surface area contributed by atoms with Crippen LogP contribution in [0.25, 0.3) is 0 Å². The first kappa shape index (κ1) is 12.4. The Morgan fingerprint density at radius 1 is 1.44 bits per heavy atom. The quantitative estimate of drug-likeness (QED) is 0.895. The van der Waals surface area contributed by atoms with Crippen molar-refractivity contribution in [3.8, 4) is 0 Å². The van der Waals surface area contributed by atoms with E-state index in [0.717, 1.165) is 49.3 Å².